The highest BCUT2D eigenvalue weighted by atomic mass is 19.1. The molecule has 152 valence electrons. The Labute approximate surface area is 172 Å². The summed E-state index contributed by atoms with van der Waals surface area (Å²) in [5.74, 6) is 1.35. The molecule has 0 radical (unpaired) electrons. The first-order valence-electron chi connectivity index (χ1n) is 9.69. The van der Waals surface area contributed by atoms with Gasteiger partial charge in [-0.1, -0.05) is 17.3 Å². The summed E-state index contributed by atoms with van der Waals surface area (Å²) in [5, 5.41) is 4.09. The molecule has 0 fully saturated rings. The van der Waals surface area contributed by atoms with E-state index in [0.717, 1.165) is 22.6 Å². The van der Waals surface area contributed by atoms with Gasteiger partial charge in [0.05, 0.1) is 31.8 Å². The van der Waals surface area contributed by atoms with E-state index in [2.05, 4.69) is 15.1 Å². The summed E-state index contributed by atoms with van der Waals surface area (Å²) >= 11 is 0. The van der Waals surface area contributed by atoms with Crippen molar-refractivity contribution in [2.75, 3.05) is 6.61 Å². The van der Waals surface area contributed by atoms with Crippen LogP contribution in [0.1, 0.15) is 24.3 Å². The van der Waals surface area contributed by atoms with E-state index in [9.17, 15) is 4.39 Å². The Balaban J connectivity index is 1.36. The molecular formula is C22H19FN4O3. The van der Waals surface area contributed by atoms with Crippen molar-refractivity contribution < 1.29 is 18.4 Å². The molecule has 4 aromatic rings. The monoisotopic (exact) mass is 406 g/mol. The van der Waals surface area contributed by atoms with Crippen LogP contribution in [0, 0.1) is 5.82 Å². The number of hydrogen-bond donors (Lipinski definition) is 0. The third-order valence-corrected chi connectivity index (χ3v) is 5.02. The van der Waals surface area contributed by atoms with Crippen molar-refractivity contribution in [3.8, 4) is 28.7 Å². The molecule has 1 aliphatic heterocycles. The van der Waals surface area contributed by atoms with Gasteiger partial charge in [-0.2, -0.15) is 4.98 Å². The van der Waals surface area contributed by atoms with Crippen molar-refractivity contribution in [1.82, 2.24) is 19.7 Å². The van der Waals surface area contributed by atoms with E-state index in [0.29, 0.717) is 37.2 Å². The topological polar surface area (TPSA) is 75.2 Å². The van der Waals surface area contributed by atoms with Crippen LogP contribution in [0.15, 0.2) is 59.4 Å². The number of imidazole rings is 1. The van der Waals surface area contributed by atoms with E-state index >= 15 is 0 Å². The first kappa shape index (κ1) is 18.5. The Kier molecular flexibility index (Phi) is 4.76. The predicted molar refractivity (Wildman–Crippen MR) is 106 cm³/mol. The summed E-state index contributed by atoms with van der Waals surface area (Å²) in [4.78, 5) is 8.96. The molecule has 2 aromatic heterocycles. The van der Waals surface area contributed by atoms with E-state index in [1.165, 1.54) is 12.1 Å². The van der Waals surface area contributed by atoms with Crippen molar-refractivity contribution in [1.29, 1.82) is 0 Å². The van der Waals surface area contributed by atoms with E-state index < -0.39 is 0 Å². The number of benzene rings is 2. The van der Waals surface area contributed by atoms with Crippen LogP contribution < -0.4 is 4.74 Å². The molecular weight excluding hydrogens is 387 g/mol. The number of aromatic nitrogens is 4. The molecule has 3 heterocycles. The molecule has 0 saturated carbocycles. The van der Waals surface area contributed by atoms with Crippen LogP contribution in [0.4, 0.5) is 4.39 Å². The highest BCUT2D eigenvalue weighted by Gasteiger charge is 2.26. The van der Waals surface area contributed by atoms with Crippen LogP contribution in [0.3, 0.4) is 0 Å². The summed E-state index contributed by atoms with van der Waals surface area (Å²) in [6.07, 6.45) is 1.58. The smallest absolute Gasteiger partial charge is 0.278 e. The van der Waals surface area contributed by atoms with Crippen LogP contribution in [0.5, 0.6) is 5.75 Å². The fourth-order valence-electron chi connectivity index (χ4n) is 3.49. The van der Waals surface area contributed by atoms with Gasteiger partial charge in [-0.05, 0) is 48.9 Å². The van der Waals surface area contributed by atoms with E-state index in [1.807, 2.05) is 35.8 Å². The first-order valence-corrected chi connectivity index (χ1v) is 9.69. The average Bonchev–Trinajstić information content (AvgIpc) is 3.42. The summed E-state index contributed by atoms with van der Waals surface area (Å²) < 4.78 is 32.1. The zero-order valence-corrected chi connectivity index (χ0v) is 16.3. The molecule has 5 rings (SSSR count). The molecule has 30 heavy (non-hydrogen) atoms. The predicted octanol–water partition coefficient (Wildman–Crippen LogP) is 4.41. The standard InChI is InChI=1S/C22H19FN4O3/c1-2-28-17-9-5-15(6-10-17)21-25-22(30-26-21)20-18-12-29-19(11-27(18)13-24-20)14-3-7-16(23)8-4-14/h3-10,13,19H,2,11-12H2,1H3/t19-/m0/s1. The maximum Gasteiger partial charge on any atom is 0.278 e. The Hall–Kier alpha value is -3.52. The minimum atomic E-state index is -0.264. The van der Waals surface area contributed by atoms with Gasteiger partial charge in [0.15, 0.2) is 5.69 Å². The van der Waals surface area contributed by atoms with Crippen molar-refractivity contribution in [3.63, 3.8) is 0 Å². The normalized spacial score (nSPS) is 15.7. The van der Waals surface area contributed by atoms with Crippen LogP contribution in [0.2, 0.25) is 0 Å². The molecule has 0 bridgehead atoms. The third-order valence-electron chi connectivity index (χ3n) is 5.02. The number of nitrogens with zero attached hydrogens (tertiary/aromatic N) is 4. The molecule has 0 aliphatic carbocycles. The number of fused-ring (bicyclic) bond motifs is 1. The summed E-state index contributed by atoms with van der Waals surface area (Å²) in [7, 11) is 0. The SMILES string of the molecule is CCOc1ccc(-c2noc(-c3ncn4c3CO[C@H](c3ccc(F)cc3)C4)n2)cc1. The van der Waals surface area contributed by atoms with Gasteiger partial charge in [-0.3, -0.25) is 0 Å². The van der Waals surface area contributed by atoms with Gasteiger partial charge in [-0.15, -0.1) is 0 Å². The van der Waals surface area contributed by atoms with Crippen molar-refractivity contribution in [2.45, 2.75) is 26.2 Å². The Morgan fingerprint density at radius 3 is 2.70 bits per heavy atom. The molecule has 0 unspecified atom stereocenters. The van der Waals surface area contributed by atoms with Gasteiger partial charge in [0.2, 0.25) is 5.82 Å². The van der Waals surface area contributed by atoms with Crippen molar-refractivity contribution in [2.24, 2.45) is 0 Å². The van der Waals surface area contributed by atoms with Gasteiger partial charge < -0.3 is 18.6 Å². The molecule has 8 heteroatoms. The number of rotatable bonds is 5. The highest BCUT2D eigenvalue weighted by molar-refractivity contribution is 5.59. The van der Waals surface area contributed by atoms with Gasteiger partial charge in [0.1, 0.15) is 17.7 Å². The van der Waals surface area contributed by atoms with Gasteiger partial charge >= 0.3 is 0 Å². The number of halogens is 1. The van der Waals surface area contributed by atoms with Crippen molar-refractivity contribution in [3.05, 3.63) is 71.9 Å². The lowest BCUT2D eigenvalue weighted by atomic mass is 10.1. The molecule has 0 N–H and O–H groups in total. The lowest BCUT2D eigenvalue weighted by molar-refractivity contribution is 0.00326. The zero-order valence-electron chi connectivity index (χ0n) is 16.3. The maximum absolute atomic E-state index is 13.2. The van der Waals surface area contributed by atoms with Crippen LogP contribution in [-0.4, -0.2) is 26.3 Å². The molecule has 0 amide bonds. The second-order valence-electron chi connectivity index (χ2n) is 6.92. The third kappa shape index (κ3) is 3.46. The maximum atomic E-state index is 13.2. The Bertz CT molecular complexity index is 1150. The van der Waals surface area contributed by atoms with Gasteiger partial charge in [-0.25, -0.2) is 9.37 Å². The molecule has 1 atom stereocenters. The van der Waals surface area contributed by atoms with Crippen LogP contribution >= 0.6 is 0 Å². The highest BCUT2D eigenvalue weighted by Crippen LogP contribution is 2.32. The number of ether oxygens (including phenoxy) is 2. The van der Waals surface area contributed by atoms with Crippen LogP contribution in [0.25, 0.3) is 23.0 Å². The summed E-state index contributed by atoms with van der Waals surface area (Å²) in [6.45, 7) is 3.48. The Morgan fingerprint density at radius 1 is 1.13 bits per heavy atom. The largest absolute Gasteiger partial charge is 0.494 e. The molecule has 2 aromatic carbocycles. The van der Waals surface area contributed by atoms with Gasteiger partial charge in [0, 0.05) is 5.56 Å². The van der Waals surface area contributed by atoms with Crippen LogP contribution in [-0.2, 0) is 17.9 Å². The molecule has 0 spiro atoms. The first-order chi connectivity index (χ1) is 14.7. The number of hydrogen-bond acceptors (Lipinski definition) is 6. The van der Waals surface area contributed by atoms with Crippen molar-refractivity contribution >= 4 is 0 Å². The fraction of sp³-hybridized carbons (Fsp3) is 0.227. The minimum Gasteiger partial charge on any atom is -0.494 e. The van der Waals surface area contributed by atoms with E-state index in [1.54, 1.807) is 18.5 Å². The average molecular weight is 406 g/mol. The lowest BCUT2D eigenvalue weighted by Gasteiger charge is -2.25. The Morgan fingerprint density at radius 2 is 1.93 bits per heavy atom. The molecule has 0 saturated heterocycles. The molecule has 7 nitrogen and oxygen atoms in total. The molecule has 1 aliphatic rings. The van der Waals surface area contributed by atoms with E-state index in [-0.39, 0.29) is 11.9 Å². The lowest BCUT2D eigenvalue weighted by Crippen LogP contribution is -2.20. The zero-order chi connectivity index (χ0) is 20.5. The van der Waals surface area contributed by atoms with E-state index in [4.69, 9.17) is 14.0 Å². The second kappa shape index (κ2) is 7.72. The minimum absolute atomic E-state index is 0.165. The quantitative estimate of drug-likeness (QED) is 0.489. The summed E-state index contributed by atoms with van der Waals surface area (Å²) in [6, 6.07) is 13.9. The summed E-state index contributed by atoms with van der Waals surface area (Å²) in [5.41, 5.74) is 3.23. The fourth-order valence-corrected chi connectivity index (χ4v) is 3.49. The second-order valence-corrected chi connectivity index (χ2v) is 6.92. The van der Waals surface area contributed by atoms with Gasteiger partial charge in [0.25, 0.3) is 5.89 Å².